The lowest BCUT2D eigenvalue weighted by Crippen LogP contribution is -2.45. The second-order valence-corrected chi connectivity index (χ2v) is 7.10. The van der Waals surface area contributed by atoms with Crippen LogP contribution in [0.15, 0.2) is 53.7 Å². The van der Waals surface area contributed by atoms with Gasteiger partial charge in [-0.2, -0.15) is 0 Å². The number of aryl methyl sites for hydroxylation is 1. The molecule has 0 aromatic heterocycles. The highest BCUT2D eigenvalue weighted by Crippen LogP contribution is 2.30. The van der Waals surface area contributed by atoms with E-state index in [1.165, 1.54) is 0 Å². The van der Waals surface area contributed by atoms with E-state index in [0.717, 1.165) is 16.9 Å². The molecule has 0 radical (unpaired) electrons. The Hall–Kier alpha value is -2.57. The number of ether oxygens (including phenoxy) is 1. The lowest BCUT2D eigenvalue weighted by molar-refractivity contribution is -0.113. The van der Waals surface area contributed by atoms with Crippen molar-refractivity contribution in [3.05, 3.63) is 69.9 Å². The minimum absolute atomic E-state index is 0.221. The maximum atomic E-state index is 13.1. The minimum atomic E-state index is -0.371. The van der Waals surface area contributed by atoms with E-state index >= 15 is 0 Å². The number of thiocarbonyl (C=S) groups is 1. The van der Waals surface area contributed by atoms with Crippen LogP contribution >= 0.6 is 23.8 Å². The summed E-state index contributed by atoms with van der Waals surface area (Å²) in [5.74, 6) is 0.526. The number of nitrogens with one attached hydrogen (secondary N) is 3. The second-order valence-electron chi connectivity index (χ2n) is 6.26. The van der Waals surface area contributed by atoms with Gasteiger partial charge < -0.3 is 20.7 Å². The first kappa shape index (κ1) is 19.2. The number of halogens is 1. The Balaban J connectivity index is 1.95. The van der Waals surface area contributed by atoms with E-state index in [1.807, 2.05) is 44.2 Å². The highest BCUT2D eigenvalue weighted by Gasteiger charge is 2.30. The zero-order valence-corrected chi connectivity index (χ0v) is 16.8. The van der Waals surface area contributed by atoms with Gasteiger partial charge in [-0.05, 0) is 61.5 Å². The fraction of sp³-hybridized carbons (Fsp3) is 0.200. The predicted octanol–water partition coefficient (Wildman–Crippen LogP) is 4.09. The molecule has 5 nitrogen and oxygen atoms in total. The van der Waals surface area contributed by atoms with E-state index in [0.29, 0.717) is 27.1 Å². The molecule has 3 N–H and O–H groups in total. The lowest BCUT2D eigenvalue weighted by atomic mass is 9.94. The molecule has 1 aliphatic heterocycles. The van der Waals surface area contributed by atoms with E-state index in [9.17, 15) is 4.79 Å². The highest BCUT2D eigenvalue weighted by molar-refractivity contribution is 7.80. The van der Waals surface area contributed by atoms with E-state index < -0.39 is 0 Å². The monoisotopic (exact) mass is 401 g/mol. The average molecular weight is 402 g/mol. The van der Waals surface area contributed by atoms with Crippen molar-refractivity contribution in [1.82, 2.24) is 10.6 Å². The van der Waals surface area contributed by atoms with Gasteiger partial charge in [0.1, 0.15) is 5.75 Å². The van der Waals surface area contributed by atoms with Gasteiger partial charge in [0.15, 0.2) is 5.11 Å². The molecule has 0 unspecified atom stereocenters. The summed E-state index contributed by atoms with van der Waals surface area (Å²) in [5, 5.41) is 10.2. The molecule has 1 aliphatic rings. The van der Waals surface area contributed by atoms with Gasteiger partial charge in [-0.25, -0.2) is 0 Å². The predicted molar refractivity (Wildman–Crippen MR) is 112 cm³/mol. The topological polar surface area (TPSA) is 62.4 Å². The summed E-state index contributed by atoms with van der Waals surface area (Å²) < 4.78 is 5.21. The van der Waals surface area contributed by atoms with Crippen LogP contribution in [-0.4, -0.2) is 18.1 Å². The van der Waals surface area contributed by atoms with Crippen LogP contribution in [0.4, 0.5) is 5.69 Å². The van der Waals surface area contributed by atoms with Crippen molar-refractivity contribution in [2.75, 3.05) is 12.4 Å². The first-order chi connectivity index (χ1) is 12.9. The quantitative estimate of drug-likeness (QED) is 0.673. The summed E-state index contributed by atoms with van der Waals surface area (Å²) in [6.07, 6.45) is 0. The smallest absolute Gasteiger partial charge is 0.255 e. The molecule has 0 spiro atoms. The Kier molecular flexibility index (Phi) is 5.68. The third-order valence-electron chi connectivity index (χ3n) is 4.41. The van der Waals surface area contributed by atoms with Gasteiger partial charge in [-0.15, -0.1) is 0 Å². The Bertz CT molecular complexity index is 925. The van der Waals surface area contributed by atoms with Crippen molar-refractivity contribution in [2.45, 2.75) is 19.9 Å². The lowest BCUT2D eigenvalue weighted by Gasteiger charge is -2.30. The molecule has 3 rings (SSSR count). The van der Waals surface area contributed by atoms with Crippen molar-refractivity contribution in [1.29, 1.82) is 0 Å². The van der Waals surface area contributed by atoms with Crippen LogP contribution in [0.1, 0.15) is 24.1 Å². The molecule has 1 amide bonds. The van der Waals surface area contributed by atoms with Crippen molar-refractivity contribution in [3.63, 3.8) is 0 Å². The van der Waals surface area contributed by atoms with E-state index in [-0.39, 0.29) is 11.9 Å². The number of carbonyl (C=O) groups excluding carboxylic acids is 1. The Morgan fingerprint density at radius 2 is 1.89 bits per heavy atom. The highest BCUT2D eigenvalue weighted by atomic mass is 35.5. The van der Waals surface area contributed by atoms with E-state index in [1.54, 1.807) is 19.2 Å². The number of methoxy groups -OCH3 is 1. The van der Waals surface area contributed by atoms with Gasteiger partial charge in [0, 0.05) is 16.4 Å². The van der Waals surface area contributed by atoms with Crippen molar-refractivity contribution >= 4 is 40.5 Å². The summed E-state index contributed by atoms with van der Waals surface area (Å²) >= 11 is 11.4. The van der Waals surface area contributed by atoms with Gasteiger partial charge in [-0.3, -0.25) is 4.79 Å². The van der Waals surface area contributed by atoms with Crippen LogP contribution in [0.2, 0.25) is 5.02 Å². The van der Waals surface area contributed by atoms with Crippen LogP contribution in [0.5, 0.6) is 5.75 Å². The number of hydrogen-bond donors (Lipinski definition) is 3. The standard InChI is InChI=1S/C20H20ClN3O2S/c1-11-4-7-14(21)10-16(11)23-19(25)17-12(2)22-20(27)24-18(17)13-5-8-15(26-3)9-6-13/h4-10,18H,1-3H3,(H,23,25)(H2,22,24,27)/t18-/m0/s1. The molecule has 140 valence electrons. The SMILES string of the molecule is COc1ccc([C@@H]2NC(=S)NC(C)=C2C(=O)Nc2cc(Cl)ccc2C)cc1. The van der Waals surface area contributed by atoms with E-state index in [4.69, 9.17) is 28.6 Å². The number of rotatable bonds is 4. The van der Waals surface area contributed by atoms with Crippen molar-refractivity contribution in [3.8, 4) is 5.75 Å². The maximum absolute atomic E-state index is 13.1. The van der Waals surface area contributed by atoms with Gasteiger partial charge >= 0.3 is 0 Å². The molecule has 0 saturated carbocycles. The molecule has 2 aromatic carbocycles. The number of hydrogen-bond acceptors (Lipinski definition) is 3. The molecule has 1 heterocycles. The van der Waals surface area contributed by atoms with Gasteiger partial charge in [-0.1, -0.05) is 29.8 Å². The number of carbonyl (C=O) groups is 1. The molecular weight excluding hydrogens is 382 g/mol. The number of allylic oxidation sites excluding steroid dienone is 1. The summed E-state index contributed by atoms with van der Waals surface area (Å²) in [6, 6.07) is 12.6. The first-order valence-corrected chi connectivity index (χ1v) is 9.17. The fourth-order valence-electron chi connectivity index (χ4n) is 2.96. The second kappa shape index (κ2) is 7.98. The molecule has 0 fully saturated rings. The van der Waals surface area contributed by atoms with Crippen LogP contribution < -0.4 is 20.7 Å². The fourth-order valence-corrected chi connectivity index (χ4v) is 3.40. The van der Waals surface area contributed by atoms with Crippen LogP contribution in [-0.2, 0) is 4.79 Å². The minimum Gasteiger partial charge on any atom is -0.497 e. The maximum Gasteiger partial charge on any atom is 0.255 e. The summed E-state index contributed by atoms with van der Waals surface area (Å²) in [4.78, 5) is 13.1. The molecule has 27 heavy (non-hydrogen) atoms. The Morgan fingerprint density at radius 3 is 2.56 bits per heavy atom. The number of anilines is 1. The summed E-state index contributed by atoms with van der Waals surface area (Å²) in [5.41, 5.74) is 3.78. The van der Waals surface area contributed by atoms with Gasteiger partial charge in [0.2, 0.25) is 0 Å². The zero-order chi connectivity index (χ0) is 19.6. The van der Waals surface area contributed by atoms with Crippen LogP contribution in [0.3, 0.4) is 0 Å². The molecule has 7 heteroatoms. The molecule has 1 atom stereocenters. The molecule has 0 saturated heterocycles. The molecule has 0 aliphatic carbocycles. The number of benzene rings is 2. The normalized spacial score (nSPS) is 16.4. The molecule has 0 bridgehead atoms. The molecular formula is C20H20ClN3O2S. The Morgan fingerprint density at radius 1 is 1.19 bits per heavy atom. The van der Waals surface area contributed by atoms with Crippen LogP contribution in [0.25, 0.3) is 0 Å². The third kappa shape index (κ3) is 4.23. The van der Waals surface area contributed by atoms with Gasteiger partial charge in [0.05, 0.1) is 18.7 Å². The van der Waals surface area contributed by atoms with E-state index in [2.05, 4.69) is 16.0 Å². The van der Waals surface area contributed by atoms with Crippen LogP contribution in [0, 0.1) is 6.92 Å². The third-order valence-corrected chi connectivity index (χ3v) is 4.87. The first-order valence-electron chi connectivity index (χ1n) is 8.39. The molecule has 2 aromatic rings. The van der Waals surface area contributed by atoms with Crippen molar-refractivity contribution < 1.29 is 9.53 Å². The zero-order valence-electron chi connectivity index (χ0n) is 15.2. The summed E-state index contributed by atoms with van der Waals surface area (Å²) in [6.45, 7) is 3.75. The average Bonchev–Trinajstić information content (AvgIpc) is 2.64. The largest absolute Gasteiger partial charge is 0.497 e. The number of amides is 1. The van der Waals surface area contributed by atoms with Crippen molar-refractivity contribution in [2.24, 2.45) is 0 Å². The van der Waals surface area contributed by atoms with Gasteiger partial charge in [0.25, 0.3) is 5.91 Å². The Labute approximate surface area is 168 Å². The summed E-state index contributed by atoms with van der Waals surface area (Å²) in [7, 11) is 1.61.